The third kappa shape index (κ3) is 2.48. The molecule has 5 nitrogen and oxygen atoms in total. The number of primary amides is 1. The minimum atomic E-state index is -0.517. The summed E-state index contributed by atoms with van der Waals surface area (Å²) in [4.78, 5) is 19.0. The van der Waals surface area contributed by atoms with Crippen molar-refractivity contribution in [1.82, 2.24) is 4.98 Å². The molecule has 3 rings (SSSR count). The number of nitrogens with zero attached hydrogens (tertiary/aromatic N) is 2. The van der Waals surface area contributed by atoms with Gasteiger partial charge in [0.05, 0.1) is 16.8 Å². The number of amides is 1. The van der Waals surface area contributed by atoms with Crippen molar-refractivity contribution in [3.05, 3.63) is 53.0 Å². The maximum atomic E-state index is 11.5. The second-order valence-electron chi connectivity index (χ2n) is 5.06. The summed E-state index contributed by atoms with van der Waals surface area (Å²) in [6.45, 7) is 0.737. The minimum Gasteiger partial charge on any atom is -0.397 e. The number of nitrogen functional groups attached to an aromatic ring is 1. The van der Waals surface area contributed by atoms with Crippen LogP contribution in [0.25, 0.3) is 10.2 Å². The molecule has 0 fully saturated rings. The lowest BCUT2D eigenvalue weighted by Crippen LogP contribution is -2.17. The molecule has 3 aromatic rings. The zero-order chi connectivity index (χ0) is 15.7. The summed E-state index contributed by atoms with van der Waals surface area (Å²) < 4.78 is 0. The van der Waals surface area contributed by atoms with E-state index >= 15 is 0 Å². The highest BCUT2D eigenvalue weighted by atomic mass is 32.1. The number of thiophene rings is 1. The van der Waals surface area contributed by atoms with Gasteiger partial charge in [-0.05, 0) is 11.6 Å². The summed E-state index contributed by atoms with van der Waals surface area (Å²) in [5.41, 5.74) is 14.0. The lowest BCUT2D eigenvalue weighted by atomic mass is 10.1. The zero-order valence-corrected chi connectivity index (χ0v) is 12.9. The van der Waals surface area contributed by atoms with Crippen molar-refractivity contribution in [2.45, 2.75) is 6.54 Å². The largest absolute Gasteiger partial charge is 0.397 e. The average molecular weight is 312 g/mol. The molecule has 0 spiro atoms. The first-order chi connectivity index (χ1) is 10.6. The number of nitrogens with two attached hydrogens (primary N) is 2. The van der Waals surface area contributed by atoms with Crippen LogP contribution in [0.15, 0.2) is 42.6 Å². The molecule has 0 unspecified atom stereocenters. The number of pyridine rings is 1. The van der Waals surface area contributed by atoms with Crippen LogP contribution in [0.1, 0.15) is 15.2 Å². The molecule has 22 heavy (non-hydrogen) atoms. The molecule has 1 amide bonds. The molecule has 4 N–H and O–H groups in total. The number of carbonyl (C=O) groups excluding carboxylic acids is 1. The minimum absolute atomic E-state index is 0.364. The monoisotopic (exact) mass is 312 g/mol. The number of hydrogen-bond donors (Lipinski definition) is 2. The van der Waals surface area contributed by atoms with Crippen LogP contribution in [-0.4, -0.2) is 17.9 Å². The fourth-order valence-electron chi connectivity index (χ4n) is 2.47. The first kappa shape index (κ1) is 14.3. The highest BCUT2D eigenvalue weighted by molar-refractivity contribution is 7.21. The summed E-state index contributed by atoms with van der Waals surface area (Å²) in [5.74, 6) is -0.517. The predicted octanol–water partition coefficient (Wildman–Crippen LogP) is 2.61. The van der Waals surface area contributed by atoms with Crippen LogP contribution in [0.5, 0.6) is 0 Å². The van der Waals surface area contributed by atoms with Crippen LogP contribution in [0, 0.1) is 0 Å². The predicted molar refractivity (Wildman–Crippen MR) is 91.1 cm³/mol. The van der Waals surface area contributed by atoms with Gasteiger partial charge in [0.15, 0.2) is 0 Å². The van der Waals surface area contributed by atoms with Gasteiger partial charge in [-0.15, -0.1) is 11.3 Å². The normalized spacial score (nSPS) is 10.8. The van der Waals surface area contributed by atoms with Crippen LogP contribution in [0.3, 0.4) is 0 Å². The molecule has 0 saturated carbocycles. The molecule has 0 bridgehead atoms. The zero-order valence-electron chi connectivity index (χ0n) is 12.1. The summed E-state index contributed by atoms with van der Waals surface area (Å²) in [5, 5.41) is 0.791. The molecular weight excluding hydrogens is 296 g/mol. The molecule has 1 aromatic carbocycles. The van der Waals surface area contributed by atoms with Gasteiger partial charge in [0.25, 0.3) is 5.91 Å². The Morgan fingerprint density at radius 3 is 2.68 bits per heavy atom. The summed E-state index contributed by atoms with van der Waals surface area (Å²) in [6, 6.07) is 12.1. The van der Waals surface area contributed by atoms with Gasteiger partial charge in [0.1, 0.15) is 9.71 Å². The Hall–Kier alpha value is -2.60. The van der Waals surface area contributed by atoms with Gasteiger partial charge >= 0.3 is 0 Å². The lowest BCUT2D eigenvalue weighted by Gasteiger charge is -2.20. The van der Waals surface area contributed by atoms with Crippen molar-refractivity contribution in [3.63, 3.8) is 0 Å². The van der Waals surface area contributed by atoms with Crippen LogP contribution in [0.4, 0.5) is 11.4 Å². The Kier molecular flexibility index (Phi) is 3.68. The van der Waals surface area contributed by atoms with Crippen molar-refractivity contribution >= 4 is 38.8 Å². The van der Waals surface area contributed by atoms with E-state index in [1.165, 1.54) is 16.9 Å². The smallest absolute Gasteiger partial charge is 0.260 e. The fraction of sp³-hybridized carbons (Fsp3) is 0.125. The first-order valence-corrected chi connectivity index (χ1v) is 7.61. The van der Waals surface area contributed by atoms with Crippen molar-refractivity contribution in [2.24, 2.45) is 5.73 Å². The van der Waals surface area contributed by atoms with Crippen molar-refractivity contribution in [1.29, 1.82) is 0 Å². The number of carbonyl (C=O) groups is 1. The number of rotatable bonds is 4. The van der Waals surface area contributed by atoms with E-state index in [4.69, 9.17) is 11.5 Å². The molecule has 0 aliphatic rings. The van der Waals surface area contributed by atoms with E-state index in [1.54, 1.807) is 6.20 Å². The summed E-state index contributed by atoms with van der Waals surface area (Å²) in [7, 11) is 1.99. The van der Waals surface area contributed by atoms with E-state index in [-0.39, 0.29) is 0 Å². The SMILES string of the molecule is CN(Cc1ccccc1)c1ccnc2sc(C(N)=O)c(N)c12. The maximum absolute atomic E-state index is 11.5. The first-order valence-electron chi connectivity index (χ1n) is 6.79. The second-order valence-corrected chi connectivity index (χ2v) is 6.06. The number of hydrogen-bond acceptors (Lipinski definition) is 5. The maximum Gasteiger partial charge on any atom is 0.260 e. The Labute approximate surface area is 132 Å². The quantitative estimate of drug-likeness (QED) is 0.775. The molecule has 0 aliphatic carbocycles. The van der Waals surface area contributed by atoms with E-state index in [0.29, 0.717) is 10.6 Å². The van der Waals surface area contributed by atoms with Crippen LogP contribution in [-0.2, 0) is 6.54 Å². The Morgan fingerprint density at radius 2 is 2.00 bits per heavy atom. The van der Waals surface area contributed by atoms with E-state index < -0.39 is 5.91 Å². The van der Waals surface area contributed by atoms with Gasteiger partial charge in [0, 0.05) is 19.8 Å². The molecule has 2 heterocycles. The topological polar surface area (TPSA) is 85.2 Å². The molecule has 0 atom stereocenters. The van der Waals surface area contributed by atoms with E-state index in [1.807, 2.05) is 31.3 Å². The average Bonchev–Trinajstić information content (AvgIpc) is 2.86. The number of aromatic nitrogens is 1. The highest BCUT2D eigenvalue weighted by Gasteiger charge is 2.19. The van der Waals surface area contributed by atoms with Crippen LogP contribution >= 0.6 is 11.3 Å². The van der Waals surface area contributed by atoms with Gasteiger partial charge in [-0.2, -0.15) is 0 Å². The van der Waals surface area contributed by atoms with Gasteiger partial charge in [-0.1, -0.05) is 30.3 Å². The molecule has 2 aromatic heterocycles. The molecule has 0 radical (unpaired) electrons. The van der Waals surface area contributed by atoms with E-state index in [2.05, 4.69) is 22.0 Å². The molecule has 6 heteroatoms. The number of benzene rings is 1. The second kappa shape index (κ2) is 5.65. The van der Waals surface area contributed by atoms with Crippen molar-refractivity contribution < 1.29 is 4.79 Å². The summed E-state index contributed by atoms with van der Waals surface area (Å²) >= 11 is 1.23. The Balaban J connectivity index is 2.05. The lowest BCUT2D eigenvalue weighted by molar-refractivity contribution is 0.100. The molecular formula is C16H16N4OS. The Morgan fingerprint density at radius 1 is 1.27 bits per heavy atom. The molecule has 0 aliphatic heterocycles. The van der Waals surface area contributed by atoms with E-state index in [0.717, 1.165) is 22.4 Å². The third-order valence-corrected chi connectivity index (χ3v) is 4.63. The van der Waals surface area contributed by atoms with Crippen LogP contribution < -0.4 is 16.4 Å². The van der Waals surface area contributed by atoms with Crippen molar-refractivity contribution in [2.75, 3.05) is 17.7 Å². The van der Waals surface area contributed by atoms with Gasteiger partial charge < -0.3 is 16.4 Å². The third-order valence-electron chi connectivity index (χ3n) is 3.50. The van der Waals surface area contributed by atoms with Gasteiger partial charge in [0.2, 0.25) is 0 Å². The molecule has 112 valence electrons. The van der Waals surface area contributed by atoms with Gasteiger partial charge in [-0.25, -0.2) is 4.98 Å². The molecule has 0 saturated heterocycles. The van der Waals surface area contributed by atoms with Gasteiger partial charge in [-0.3, -0.25) is 4.79 Å². The Bertz CT molecular complexity index is 829. The fourth-order valence-corrected chi connectivity index (χ4v) is 3.41. The number of anilines is 2. The van der Waals surface area contributed by atoms with Crippen LogP contribution in [0.2, 0.25) is 0 Å². The summed E-state index contributed by atoms with van der Waals surface area (Å²) in [6.07, 6.45) is 1.72. The van der Waals surface area contributed by atoms with Crippen molar-refractivity contribution in [3.8, 4) is 0 Å². The highest BCUT2D eigenvalue weighted by Crippen LogP contribution is 2.38. The number of fused-ring (bicyclic) bond motifs is 1. The standard InChI is InChI=1S/C16H16N4OS/c1-20(9-10-5-3-2-4-6-10)11-7-8-19-16-12(11)13(17)14(22-16)15(18)21/h2-8H,9,17H2,1H3,(H2,18,21). The van der Waals surface area contributed by atoms with E-state index in [9.17, 15) is 4.79 Å².